The molecule has 2 aromatic carbocycles. The van der Waals surface area contributed by atoms with E-state index >= 15 is 0 Å². The molecule has 204 valence electrons. The first-order valence-electron chi connectivity index (χ1n) is 14.1. The summed E-state index contributed by atoms with van der Waals surface area (Å²) in [5.74, 6) is -0.0602. The molecule has 38 heavy (non-hydrogen) atoms. The molecule has 1 atom stereocenters. The Morgan fingerprint density at radius 3 is 2.39 bits per heavy atom. The Bertz CT molecular complexity index is 1100. The number of hydrogen-bond acceptors (Lipinski definition) is 4. The Morgan fingerprint density at radius 1 is 0.947 bits per heavy atom. The molecule has 1 aliphatic rings. The minimum atomic E-state index is -0.404. The third-order valence-electron chi connectivity index (χ3n) is 6.84. The fourth-order valence-corrected chi connectivity index (χ4v) is 4.98. The molecule has 0 bridgehead atoms. The van der Waals surface area contributed by atoms with Crippen LogP contribution in [0.15, 0.2) is 66.3 Å². The van der Waals surface area contributed by atoms with Crippen LogP contribution in [0.4, 0.5) is 0 Å². The van der Waals surface area contributed by atoms with Gasteiger partial charge < -0.3 is 9.47 Å². The highest BCUT2D eigenvalue weighted by Crippen LogP contribution is 2.28. The maximum absolute atomic E-state index is 12.7. The number of halogens is 1. The molecule has 2 aromatic rings. The predicted molar refractivity (Wildman–Crippen MR) is 159 cm³/mol. The van der Waals surface area contributed by atoms with Gasteiger partial charge in [-0.3, -0.25) is 4.79 Å². The van der Waals surface area contributed by atoms with Gasteiger partial charge >= 0.3 is 11.9 Å². The van der Waals surface area contributed by atoms with Gasteiger partial charge in [-0.1, -0.05) is 91.4 Å². The molecule has 1 aliphatic carbocycles. The first-order valence-corrected chi connectivity index (χ1v) is 15.2. The lowest BCUT2D eigenvalue weighted by atomic mass is 9.98. The first kappa shape index (κ1) is 29.9. The molecule has 0 radical (unpaired) electrons. The van der Waals surface area contributed by atoms with Crippen molar-refractivity contribution < 1.29 is 19.1 Å². The summed E-state index contributed by atoms with van der Waals surface area (Å²) < 4.78 is 11.2. The van der Waals surface area contributed by atoms with Crippen molar-refractivity contribution in [2.75, 3.05) is 5.33 Å². The van der Waals surface area contributed by atoms with E-state index in [2.05, 4.69) is 47.1 Å². The van der Waals surface area contributed by atoms with E-state index in [1.807, 2.05) is 25.1 Å². The molecule has 4 nitrogen and oxygen atoms in total. The lowest BCUT2D eigenvalue weighted by Gasteiger charge is -2.17. The summed E-state index contributed by atoms with van der Waals surface area (Å²) in [6.45, 7) is 4.21. The van der Waals surface area contributed by atoms with Gasteiger partial charge in [-0.2, -0.15) is 0 Å². The summed E-state index contributed by atoms with van der Waals surface area (Å²) in [6, 6.07) is 14.5. The summed E-state index contributed by atoms with van der Waals surface area (Å²) >= 11 is 3.49. The molecule has 0 saturated carbocycles. The molecule has 0 heterocycles. The van der Waals surface area contributed by atoms with Crippen LogP contribution in [-0.4, -0.2) is 23.4 Å². The SMILES string of the molecule is CCCCCCCC(=O)OC1C=CC(C(=O)Oc2ccc(-c3ccc(CCCCCBr)cc3)c(C)c2)=CC1. The van der Waals surface area contributed by atoms with Crippen molar-refractivity contribution in [1.82, 2.24) is 0 Å². The van der Waals surface area contributed by atoms with E-state index in [1.165, 1.54) is 37.7 Å². The Hall–Kier alpha value is -2.66. The highest BCUT2D eigenvalue weighted by molar-refractivity contribution is 9.09. The number of aryl methyl sites for hydroxylation is 2. The molecular formula is C33H41BrO4. The Labute approximate surface area is 236 Å². The summed E-state index contributed by atoms with van der Waals surface area (Å²) in [5.41, 5.74) is 5.17. The number of benzene rings is 2. The minimum Gasteiger partial charge on any atom is -0.458 e. The summed E-state index contributed by atoms with van der Waals surface area (Å²) in [6.07, 6.45) is 16.1. The van der Waals surface area contributed by atoms with Crippen molar-refractivity contribution in [2.45, 2.75) is 90.6 Å². The average Bonchev–Trinajstić information content (AvgIpc) is 2.92. The van der Waals surface area contributed by atoms with E-state index in [1.54, 1.807) is 18.2 Å². The third kappa shape index (κ3) is 9.90. The number of unbranched alkanes of at least 4 members (excludes halogenated alkanes) is 6. The molecule has 5 heteroatoms. The van der Waals surface area contributed by atoms with Crippen molar-refractivity contribution in [1.29, 1.82) is 0 Å². The molecule has 0 saturated heterocycles. The fourth-order valence-electron chi connectivity index (χ4n) is 4.58. The summed E-state index contributed by atoms with van der Waals surface area (Å²) in [5, 5.41) is 1.07. The maximum atomic E-state index is 12.7. The van der Waals surface area contributed by atoms with Crippen LogP contribution in [0.1, 0.15) is 82.3 Å². The maximum Gasteiger partial charge on any atom is 0.343 e. The van der Waals surface area contributed by atoms with Crippen LogP contribution in [-0.2, 0) is 20.7 Å². The van der Waals surface area contributed by atoms with E-state index in [-0.39, 0.29) is 12.1 Å². The molecule has 3 rings (SSSR count). The Morgan fingerprint density at radius 2 is 1.71 bits per heavy atom. The van der Waals surface area contributed by atoms with Gasteiger partial charge in [0, 0.05) is 18.2 Å². The van der Waals surface area contributed by atoms with Gasteiger partial charge in [-0.05, 0) is 79.1 Å². The highest BCUT2D eigenvalue weighted by atomic mass is 79.9. The molecule has 0 spiro atoms. The fraction of sp³-hybridized carbons (Fsp3) is 0.455. The average molecular weight is 582 g/mol. The number of alkyl halides is 1. The zero-order chi connectivity index (χ0) is 27.2. The molecule has 0 amide bonds. The van der Waals surface area contributed by atoms with Crippen molar-refractivity contribution in [3.63, 3.8) is 0 Å². The van der Waals surface area contributed by atoms with Gasteiger partial charge in [0.15, 0.2) is 0 Å². The quantitative estimate of drug-likeness (QED) is 0.0913. The topological polar surface area (TPSA) is 52.6 Å². The normalized spacial score (nSPS) is 14.7. The van der Waals surface area contributed by atoms with Crippen LogP contribution >= 0.6 is 15.9 Å². The first-order chi connectivity index (χ1) is 18.5. The van der Waals surface area contributed by atoms with Crippen molar-refractivity contribution in [3.8, 4) is 16.9 Å². The van der Waals surface area contributed by atoms with Gasteiger partial charge in [0.2, 0.25) is 0 Å². The number of rotatable bonds is 15. The van der Waals surface area contributed by atoms with Crippen molar-refractivity contribution >= 4 is 27.9 Å². The summed E-state index contributed by atoms with van der Waals surface area (Å²) in [7, 11) is 0. The van der Waals surface area contributed by atoms with E-state index in [0.29, 0.717) is 24.2 Å². The monoisotopic (exact) mass is 580 g/mol. The molecule has 0 N–H and O–H groups in total. The number of carbonyl (C=O) groups is 2. The number of carbonyl (C=O) groups excluding carboxylic acids is 2. The number of hydrogen-bond donors (Lipinski definition) is 0. The lowest BCUT2D eigenvalue weighted by Crippen LogP contribution is -2.19. The van der Waals surface area contributed by atoms with Crippen molar-refractivity contribution in [3.05, 3.63) is 77.4 Å². The van der Waals surface area contributed by atoms with Gasteiger partial charge in [0.25, 0.3) is 0 Å². The molecule has 0 fully saturated rings. The molecule has 0 aromatic heterocycles. The zero-order valence-electron chi connectivity index (χ0n) is 22.8. The van der Waals surface area contributed by atoms with Crippen molar-refractivity contribution in [2.24, 2.45) is 0 Å². The number of esters is 2. The van der Waals surface area contributed by atoms with Crippen LogP contribution < -0.4 is 4.74 Å². The van der Waals surface area contributed by atoms with Crippen LogP contribution in [0.25, 0.3) is 11.1 Å². The smallest absolute Gasteiger partial charge is 0.343 e. The number of ether oxygens (including phenoxy) is 2. The van der Waals surface area contributed by atoms with Gasteiger partial charge in [-0.25, -0.2) is 4.79 Å². The Kier molecular flexibility index (Phi) is 12.8. The second-order valence-corrected chi connectivity index (χ2v) is 10.8. The van der Waals surface area contributed by atoms with Crippen LogP contribution in [0.2, 0.25) is 0 Å². The van der Waals surface area contributed by atoms with Gasteiger partial charge in [0.05, 0.1) is 5.57 Å². The minimum absolute atomic E-state index is 0.175. The Balaban J connectivity index is 1.47. The third-order valence-corrected chi connectivity index (χ3v) is 7.40. The van der Waals surface area contributed by atoms with E-state index in [4.69, 9.17) is 9.47 Å². The largest absolute Gasteiger partial charge is 0.458 e. The molecule has 0 aliphatic heterocycles. The molecular weight excluding hydrogens is 540 g/mol. The van der Waals surface area contributed by atoms with Gasteiger partial charge in [-0.15, -0.1) is 0 Å². The highest BCUT2D eigenvalue weighted by Gasteiger charge is 2.18. The second kappa shape index (κ2) is 16.3. The molecule has 1 unspecified atom stereocenters. The second-order valence-electron chi connectivity index (χ2n) is 10.0. The predicted octanol–water partition coefficient (Wildman–Crippen LogP) is 8.83. The lowest BCUT2D eigenvalue weighted by molar-refractivity contribution is -0.146. The van der Waals surface area contributed by atoms with Gasteiger partial charge in [0.1, 0.15) is 11.9 Å². The van der Waals surface area contributed by atoms with E-state index < -0.39 is 5.97 Å². The van der Waals surface area contributed by atoms with E-state index in [0.717, 1.165) is 47.7 Å². The van der Waals surface area contributed by atoms with Crippen LogP contribution in [0.3, 0.4) is 0 Å². The van der Waals surface area contributed by atoms with Crippen LogP contribution in [0.5, 0.6) is 5.75 Å². The standard InChI is InChI=1S/C33H41BrO4/c1-3-4-5-6-9-12-32(35)37-29-19-17-28(18-20-29)33(36)38-30-21-22-31(25(2)24-30)27-15-13-26(14-16-27)11-8-7-10-23-34/h13-19,21-22,24,29H,3-12,20,23H2,1-2H3. The van der Waals surface area contributed by atoms with E-state index in [9.17, 15) is 9.59 Å². The van der Waals surface area contributed by atoms with Crippen LogP contribution in [0, 0.1) is 6.92 Å². The summed E-state index contributed by atoms with van der Waals surface area (Å²) in [4.78, 5) is 24.8. The zero-order valence-corrected chi connectivity index (χ0v) is 24.4.